The number of esters is 1. The van der Waals surface area contributed by atoms with Crippen LogP contribution in [0, 0.1) is 23.3 Å². The van der Waals surface area contributed by atoms with Gasteiger partial charge in [-0.2, -0.15) is 8.78 Å². The zero-order valence-corrected chi connectivity index (χ0v) is 20.3. The van der Waals surface area contributed by atoms with E-state index in [-0.39, 0.29) is 29.0 Å². The first-order valence-electron chi connectivity index (χ1n) is 11.6. The third-order valence-electron chi connectivity index (χ3n) is 5.56. The molecule has 0 aliphatic heterocycles. The minimum absolute atomic E-state index is 0.00701. The van der Waals surface area contributed by atoms with Crippen molar-refractivity contribution in [2.45, 2.75) is 6.92 Å². The SMILES string of the molecule is C=CCOc1ccc(OC(=O)c2ccc(-c3ccc(-c4ccc(OCC)cc4)c(F)c3F)cc2)c(F)c1F. The first-order valence-corrected chi connectivity index (χ1v) is 11.6. The average Bonchev–Trinajstić information content (AvgIpc) is 2.93. The second-order valence-corrected chi connectivity index (χ2v) is 8.00. The van der Waals surface area contributed by atoms with Crippen molar-refractivity contribution in [1.29, 1.82) is 0 Å². The molecule has 0 aliphatic carbocycles. The van der Waals surface area contributed by atoms with E-state index in [4.69, 9.17) is 14.2 Å². The Bertz CT molecular complexity index is 1470. The molecule has 194 valence electrons. The Morgan fingerprint density at radius 1 is 0.711 bits per heavy atom. The van der Waals surface area contributed by atoms with Crippen LogP contribution in [0.25, 0.3) is 22.3 Å². The number of carbonyl (C=O) groups excluding carboxylic acids is 1. The molecule has 0 saturated carbocycles. The average molecular weight is 522 g/mol. The van der Waals surface area contributed by atoms with Gasteiger partial charge in [0.2, 0.25) is 11.6 Å². The van der Waals surface area contributed by atoms with Gasteiger partial charge in [0.1, 0.15) is 12.4 Å². The van der Waals surface area contributed by atoms with E-state index in [9.17, 15) is 22.4 Å². The molecule has 4 aromatic carbocycles. The third-order valence-corrected chi connectivity index (χ3v) is 5.56. The Morgan fingerprint density at radius 3 is 1.79 bits per heavy atom. The van der Waals surface area contributed by atoms with Gasteiger partial charge < -0.3 is 14.2 Å². The van der Waals surface area contributed by atoms with Crippen LogP contribution in [-0.4, -0.2) is 19.2 Å². The van der Waals surface area contributed by atoms with Gasteiger partial charge in [-0.15, -0.1) is 0 Å². The summed E-state index contributed by atoms with van der Waals surface area (Å²) in [5.41, 5.74) is 0.855. The summed E-state index contributed by atoms with van der Waals surface area (Å²) in [7, 11) is 0. The summed E-state index contributed by atoms with van der Waals surface area (Å²) < 4.78 is 73.7. The lowest BCUT2D eigenvalue weighted by Crippen LogP contribution is -2.10. The van der Waals surface area contributed by atoms with Crippen molar-refractivity contribution >= 4 is 5.97 Å². The molecule has 0 spiro atoms. The quantitative estimate of drug-likeness (QED) is 0.0976. The first kappa shape index (κ1) is 26.5. The van der Waals surface area contributed by atoms with E-state index in [1.54, 1.807) is 24.3 Å². The smallest absolute Gasteiger partial charge is 0.343 e. The van der Waals surface area contributed by atoms with Crippen LogP contribution in [0.5, 0.6) is 17.2 Å². The number of halogens is 4. The fourth-order valence-electron chi connectivity index (χ4n) is 3.69. The molecule has 4 aromatic rings. The lowest BCUT2D eigenvalue weighted by molar-refractivity contribution is 0.0726. The predicted octanol–water partition coefficient (Wildman–Crippen LogP) is 7.76. The van der Waals surface area contributed by atoms with Gasteiger partial charge in [-0.25, -0.2) is 13.6 Å². The third kappa shape index (κ3) is 5.54. The fraction of sp³-hybridized carbons (Fsp3) is 0.100. The van der Waals surface area contributed by atoms with E-state index in [2.05, 4.69) is 6.58 Å². The van der Waals surface area contributed by atoms with Crippen LogP contribution in [0.4, 0.5) is 17.6 Å². The molecule has 0 bridgehead atoms. The summed E-state index contributed by atoms with van der Waals surface area (Å²) in [6, 6.07) is 17.1. The van der Waals surface area contributed by atoms with Gasteiger partial charge in [0.15, 0.2) is 23.1 Å². The molecule has 0 unspecified atom stereocenters. The zero-order chi connectivity index (χ0) is 27.2. The largest absolute Gasteiger partial charge is 0.494 e. The highest BCUT2D eigenvalue weighted by Gasteiger charge is 2.20. The predicted molar refractivity (Wildman–Crippen MR) is 135 cm³/mol. The van der Waals surface area contributed by atoms with Crippen molar-refractivity contribution in [3.63, 3.8) is 0 Å². The lowest BCUT2D eigenvalue weighted by Gasteiger charge is -2.11. The summed E-state index contributed by atoms with van der Waals surface area (Å²) in [5, 5.41) is 0. The Labute approximate surface area is 216 Å². The van der Waals surface area contributed by atoms with Gasteiger partial charge in [0.05, 0.1) is 12.2 Å². The second kappa shape index (κ2) is 11.6. The topological polar surface area (TPSA) is 44.8 Å². The van der Waals surface area contributed by atoms with Crippen molar-refractivity contribution in [2.75, 3.05) is 13.2 Å². The summed E-state index contributed by atoms with van der Waals surface area (Å²) in [6.45, 7) is 5.73. The second-order valence-electron chi connectivity index (χ2n) is 8.00. The van der Waals surface area contributed by atoms with E-state index < -0.39 is 35.0 Å². The highest BCUT2D eigenvalue weighted by atomic mass is 19.2. The molecule has 38 heavy (non-hydrogen) atoms. The standard InChI is InChI=1S/C30H22F4O4/c1-3-17-37-24-15-16-25(29(34)28(24)33)38-30(35)20-7-5-18(6-8-20)22-13-14-23(27(32)26(22)31)19-9-11-21(12-10-19)36-4-2/h3,5-16H,1,4,17H2,2H3. The van der Waals surface area contributed by atoms with Crippen LogP contribution in [0.3, 0.4) is 0 Å². The highest BCUT2D eigenvalue weighted by Crippen LogP contribution is 2.33. The molecule has 0 amide bonds. The molecule has 0 aromatic heterocycles. The van der Waals surface area contributed by atoms with E-state index in [0.717, 1.165) is 12.1 Å². The molecule has 0 N–H and O–H groups in total. The molecular formula is C30H22F4O4. The minimum Gasteiger partial charge on any atom is -0.494 e. The lowest BCUT2D eigenvalue weighted by atomic mass is 9.98. The van der Waals surface area contributed by atoms with Crippen molar-refractivity contribution in [2.24, 2.45) is 0 Å². The van der Waals surface area contributed by atoms with E-state index in [1.165, 1.54) is 42.5 Å². The van der Waals surface area contributed by atoms with Gasteiger partial charge in [-0.1, -0.05) is 49.1 Å². The molecular weight excluding hydrogens is 500 g/mol. The molecule has 4 nitrogen and oxygen atoms in total. The summed E-state index contributed by atoms with van der Waals surface area (Å²) in [4.78, 5) is 12.5. The van der Waals surface area contributed by atoms with Crippen LogP contribution in [0.2, 0.25) is 0 Å². The van der Waals surface area contributed by atoms with Gasteiger partial charge in [-0.3, -0.25) is 0 Å². The Kier molecular flexibility index (Phi) is 8.11. The van der Waals surface area contributed by atoms with E-state index in [1.807, 2.05) is 6.92 Å². The minimum atomic E-state index is -1.39. The number of benzene rings is 4. The Balaban J connectivity index is 1.52. The molecule has 0 aliphatic rings. The molecule has 0 saturated heterocycles. The molecule has 0 radical (unpaired) electrons. The van der Waals surface area contributed by atoms with Crippen molar-refractivity contribution in [1.82, 2.24) is 0 Å². The summed E-state index contributed by atoms with van der Waals surface area (Å²) in [6.07, 6.45) is 1.37. The normalized spacial score (nSPS) is 10.7. The number of carbonyl (C=O) groups is 1. The number of ether oxygens (including phenoxy) is 3. The fourth-order valence-corrected chi connectivity index (χ4v) is 3.69. The summed E-state index contributed by atoms with van der Waals surface area (Å²) in [5.74, 6) is -6.09. The Hall–Kier alpha value is -4.59. The monoisotopic (exact) mass is 522 g/mol. The van der Waals surface area contributed by atoms with Crippen molar-refractivity contribution < 1.29 is 36.6 Å². The molecule has 0 heterocycles. The van der Waals surface area contributed by atoms with Crippen molar-refractivity contribution in [3.05, 3.63) is 114 Å². The van der Waals surface area contributed by atoms with Crippen LogP contribution >= 0.6 is 0 Å². The number of hydrogen-bond donors (Lipinski definition) is 0. The maximum atomic E-state index is 15.0. The van der Waals surface area contributed by atoms with E-state index in [0.29, 0.717) is 23.5 Å². The van der Waals surface area contributed by atoms with Gasteiger partial charge >= 0.3 is 5.97 Å². The summed E-state index contributed by atoms with van der Waals surface area (Å²) >= 11 is 0. The number of rotatable bonds is 9. The van der Waals surface area contributed by atoms with Crippen LogP contribution in [0.15, 0.2) is 85.5 Å². The van der Waals surface area contributed by atoms with Crippen LogP contribution < -0.4 is 14.2 Å². The van der Waals surface area contributed by atoms with Crippen LogP contribution in [0.1, 0.15) is 17.3 Å². The molecule has 0 fully saturated rings. The highest BCUT2D eigenvalue weighted by molar-refractivity contribution is 5.91. The van der Waals surface area contributed by atoms with Crippen LogP contribution in [-0.2, 0) is 0 Å². The van der Waals surface area contributed by atoms with Gasteiger partial charge in [-0.05, 0) is 54.4 Å². The molecule has 8 heteroatoms. The van der Waals surface area contributed by atoms with Gasteiger partial charge in [0, 0.05) is 11.1 Å². The molecule has 4 rings (SSSR count). The first-order chi connectivity index (χ1) is 18.3. The van der Waals surface area contributed by atoms with Crippen molar-refractivity contribution in [3.8, 4) is 39.5 Å². The number of hydrogen-bond acceptors (Lipinski definition) is 4. The van der Waals surface area contributed by atoms with E-state index >= 15 is 0 Å². The zero-order valence-electron chi connectivity index (χ0n) is 20.3. The Morgan fingerprint density at radius 2 is 1.24 bits per heavy atom. The maximum absolute atomic E-state index is 15.0. The molecule has 0 atom stereocenters. The van der Waals surface area contributed by atoms with Gasteiger partial charge in [0.25, 0.3) is 0 Å². The maximum Gasteiger partial charge on any atom is 0.343 e.